The lowest BCUT2D eigenvalue weighted by atomic mass is 9.89. The Kier molecular flexibility index (Phi) is 10.3. The van der Waals surface area contributed by atoms with Gasteiger partial charge in [-0.3, -0.25) is 4.79 Å². The molecule has 1 fully saturated rings. The highest BCUT2D eigenvalue weighted by Crippen LogP contribution is 2.22. The third-order valence-corrected chi connectivity index (χ3v) is 4.92. The Morgan fingerprint density at radius 2 is 2.04 bits per heavy atom. The largest absolute Gasteiger partial charge is 0.356 e. The molecule has 0 bridgehead atoms. The SMILES string of the molecule is CN(C)C(=O)CNC(=NCc1ccsc1)NCC1CCCCC1.I. The molecule has 1 aliphatic carbocycles. The van der Waals surface area contributed by atoms with Gasteiger partial charge >= 0.3 is 0 Å². The van der Waals surface area contributed by atoms with Crippen molar-refractivity contribution in [2.45, 2.75) is 38.6 Å². The Morgan fingerprint density at radius 1 is 1.29 bits per heavy atom. The van der Waals surface area contributed by atoms with Crippen molar-refractivity contribution in [2.24, 2.45) is 10.9 Å². The number of hydrogen-bond donors (Lipinski definition) is 2. The van der Waals surface area contributed by atoms with Crippen LogP contribution in [0.15, 0.2) is 21.8 Å². The number of carbonyl (C=O) groups is 1. The van der Waals surface area contributed by atoms with Crippen LogP contribution in [0.3, 0.4) is 0 Å². The molecule has 0 unspecified atom stereocenters. The zero-order chi connectivity index (χ0) is 16.5. The number of amides is 1. The monoisotopic (exact) mass is 464 g/mol. The number of aliphatic imine (C=N–C) groups is 1. The first-order valence-electron chi connectivity index (χ1n) is 8.38. The Labute approximate surface area is 166 Å². The minimum Gasteiger partial charge on any atom is -0.356 e. The van der Waals surface area contributed by atoms with Gasteiger partial charge in [0.2, 0.25) is 5.91 Å². The number of likely N-dealkylation sites (N-methyl/N-ethyl adjacent to an activating group) is 1. The van der Waals surface area contributed by atoms with Crippen LogP contribution in [0.25, 0.3) is 0 Å². The molecule has 1 aliphatic rings. The molecule has 1 saturated carbocycles. The van der Waals surface area contributed by atoms with E-state index in [9.17, 15) is 4.79 Å². The zero-order valence-electron chi connectivity index (χ0n) is 14.6. The van der Waals surface area contributed by atoms with Gasteiger partial charge in [0.15, 0.2) is 5.96 Å². The molecule has 0 aliphatic heterocycles. The van der Waals surface area contributed by atoms with Crippen molar-refractivity contribution in [2.75, 3.05) is 27.2 Å². The fourth-order valence-corrected chi connectivity index (χ4v) is 3.34. The molecule has 2 rings (SSSR count). The van der Waals surface area contributed by atoms with Gasteiger partial charge in [-0.05, 0) is 41.1 Å². The summed E-state index contributed by atoms with van der Waals surface area (Å²) in [6.45, 7) is 1.85. The highest BCUT2D eigenvalue weighted by atomic mass is 127. The first-order chi connectivity index (χ1) is 11.1. The molecule has 1 amide bonds. The fraction of sp³-hybridized carbons (Fsp3) is 0.647. The second-order valence-electron chi connectivity index (χ2n) is 6.32. The van der Waals surface area contributed by atoms with Crippen LogP contribution >= 0.6 is 35.3 Å². The van der Waals surface area contributed by atoms with Gasteiger partial charge in [-0.25, -0.2) is 4.99 Å². The first-order valence-corrected chi connectivity index (χ1v) is 9.33. The van der Waals surface area contributed by atoms with E-state index < -0.39 is 0 Å². The number of guanidine groups is 1. The zero-order valence-corrected chi connectivity index (χ0v) is 17.7. The minimum absolute atomic E-state index is 0. The van der Waals surface area contributed by atoms with Crippen LogP contribution in [-0.4, -0.2) is 44.0 Å². The van der Waals surface area contributed by atoms with Gasteiger partial charge < -0.3 is 15.5 Å². The second-order valence-corrected chi connectivity index (χ2v) is 7.10. The Bertz CT molecular complexity index is 499. The molecule has 24 heavy (non-hydrogen) atoms. The molecule has 5 nitrogen and oxygen atoms in total. The number of hydrogen-bond acceptors (Lipinski definition) is 3. The Balaban J connectivity index is 0.00000288. The van der Waals surface area contributed by atoms with Crippen LogP contribution in [-0.2, 0) is 11.3 Å². The number of nitrogens with one attached hydrogen (secondary N) is 2. The van der Waals surface area contributed by atoms with Crippen LogP contribution in [0.2, 0.25) is 0 Å². The predicted molar refractivity (Wildman–Crippen MR) is 112 cm³/mol. The minimum atomic E-state index is 0. The standard InChI is InChI=1S/C17H28N4OS.HI/c1-21(2)16(22)12-20-17(19-11-15-8-9-23-13-15)18-10-14-6-4-3-5-7-14;/h8-9,13-14H,3-7,10-12H2,1-2H3,(H2,18,19,20);1H. The van der Waals surface area contributed by atoms with E-state index in [1.165, 1.54) is 37.7 Å². The quantitative estimate of drug-likeness (QED) is 0.387. The van der Waals surface area contributed by atoms with Crippen molar-refractivity contribution in [1.29, 1.82) is 0 Å². The molecular weight excluding hydrogens is 435 g/mol. The lowest BCUT2D eigenvalue weighted by Crippen LogP contribution is -2.44. The number of rotatable bonds is 6. The summed E-state index contributed by atoms with van der Waals surface area (Å²) in [4.78, 5) is 18.0. The van der Waals surface area contributed by atoms with Crippen molar-refractivity contribution >= 4 is 47.2 Å². The third kappa shape index (κ3) is 7.83. The average Bonchev–Trinajstić information content (AvgIpc) is 3.08. The molecule has 0 aromatic carbocycles. The lowest BCUT2D eigenvalue weighted by molar-refractivity contribution is -0.127. The summed E-state index contributed by atoms with van der Waals surface area (Å²) in [6.07, 6.45) is 6.62. The molecule has 2 N–H and O–H groups in total. The molecular formula is C17H29IN4OS. The topological polar surface area (TPSA) is 56.7 Å². The van der Waals surface area contributed by atoms with E-state index in [1.54, 1.807) is 30.3 Å². The normalized spacial score (nSPS) is 15.5. The predicted octanol–water partition coefficient (Wildman–Crippen LogP) is 3.07. The fourth-order valence-electron chi connectivity index (χ4n) is 2.68. The molecule has 0 radical (unpaired) electrons. The van der Waals surface area contributed by atoms with Crippen molar-refractivity contribution < 1.29 is 4.79 Å². The van der Waals surface area contributed by atoms with Crippen LogP contribution in [0.5, 0.6) is 0 Å². The van der Waals surface area contributed by atoms with Gasteiger partial charge in [0.05, 0.1) is 13.1 Å². The Morgan fingerprint density at radius 3 is 2.67 bits per heavy atom. The summed E-state index contributed by atoms with van der Waals surface area (Å²) in [5.41, 5.74) is 1.20. The summed E-state index contributed by atoms with van der Waals surface area (Å²) in [6, 6.07) is 2.08. The maximum Gasteiger partial charge on any atom is 0.241 e. The van der Waals surface area contributed by atoms with E-state index in [4.69, 9.17) is 0 Å². The molecule has 1 heterocycles. The number of halogens is 1. The summed E-state index contributed by atoms with van der Waals surface area (Å²) in [5, 5.41) is 10.7. The van der Waals surface area contributed by atoms with Crippen LogP contribution in [0.1, 0.15) is 37.7 Å². The van der Waals surface area contributed by atoms with E-state index in [1.807, 2.05) is 0 Å². The Hall–Kier alpha value is -0.830. The number of thiophene rings is 1. The number of nitrogens with zero attached hydrogens (tertiary/aromatic N) is 2. The molecule has 0 spiro atoms. The molecule has 1 aromatic rings. The molecule has 7 heteroatoms. The average molecular weight is 464 g/mol. The third-order valence-electron chi connectivity index (χ3n) is 4.19. The second kappa shape index (κ2) is 11.7. The highest BCUT2D eigenvalue weighted by Gasteiger charge is 2.14. The van der Waals surface area contributed by atoms with Crippen molar-refractivity contribution in [3.05, 3.63) is 22.4 Å². The van der Waals surface area contributed by atoms with Crippen molar-refractivity contribution in [3.63, 3.8) is 0 Å². The van der Waals surface area contributed by atoms with Gasteiger partial charge in [-0.1, -0.05) is 19.3 Å². The molecule has 0 saturated heterocycles. The van der Waals surface area contributed by atoms with Crippen LogP contribution < -0.4 is 10.6 Å². The van der Waals surface area contributed by atoms with Gasteiger partial charge in [0.25, 0.3) is 0 Å². The van der Waals surface area contributed by atoms with E-state index in [-0.39, 0.29) is 36.4 Å². The summed E-state index contributed by atoms with van der Waals surface area (Å²) in [7, 11) is 3.53. The molecule has 0 atom stereocenters. The van der Waals surface area contributed by atoms with E-state index in [0.717, 1.165) is 18.4 Å². The summed E-state index contributed by atoms with van der Waals surface area (Å²) in [5.74, 6) is 1.51. The van der Waals surface area contributed by atoms with E-state index in [2.05, 4.69) is 32.5 Å². The highest BCUT2D eigenvalue weighted by molar-refractivity contribution is 14.0. The van der Waals surface area contributed by atoms with Gasteiger partial charge in [-0.2, -0.15) is 11.3 Å². The number of carbonyl (C=O) groups excluding carboxylic acids is 1. The van der Waals surface area contributed by atoms with Gasteiger partial charge in [0, 0.05) is 20.6 Å². The smallest absolute Gasteiger partial charge is 0.241 e. The summed E-state index contributed by atoms with van der Waals surface area (Å²) >= 11 is 1.68. The molecule has 1 aromatic heterocycles. The molecule has 136 valence electrons. The van der Waals surface area contributed by atoms with Crippen molar-refractivity contribution in [3.8, 4) is 0 Å². The van der Waals surface area contributed by atoms with Gasteiger partial charge in [-0.15, -0.1) is 24.0 Å². The maximum atomic E-state index is 11.8. The van der Waals surface area contributed by atoms with E-state index in [0.29, 0.717) is 6.54 Å². The summed E-state index contributed by atoms with van der Waals surface area (Å²) < 4.78 is 0. The van der Waals surface area contributed by atoms with E-state index >= 15 is 0 Å². The van der Waals surface area contributed by atoms with Crippen LogP contribution in [0.4, 0.5) is 0 Å². The van der Waals surface area contributed by atoms with Crippen molar-refractivity contribution in [1.82, 2.24) is 15.5 Å². The lowest BCUT2D eigenvalue weighted by Gasteiger charge is -2.23. The first kappa shape index (κ1) is 21.2. The van der Waals surface area contributed by atoms with Crippen LogP contribution in [0, 0.1) is 5.92 Å². The maximum absolute atomic E-state index is 11.8. The van der Waals surface area contributed by atoms with Gasteiger partial charge in [0.1, 0.15) is 0 Å².